The van der Waals surface area contributed by atoms with Crippen LogP contribution in [0.15, 0.2) is 46.9 Å². The highest BCUT2D eigenvalue weighted by Gasteiger charge is 2.50. The number of carbonyl (C=O) groups is 3. The van der Waals surface area contributed by atoms with Crippen molar-refractivity contribution in [3.05, 3.63) is 63.6 Å². The molecule has 3 unspecified atom stereocenters. The van der Waals surface area contributed by atoms with E-state index in [2.05, 4.69) is 17.1 Å². The average molecular weight is 450 g/mol. The third kappa shape index (κ3) is 3.36. The van der Waals surface area contributed by atoms with Crippen LogP contribution in [0.4, 0.5) is 0 Å². The van der Waals surface area contributed by atoms with Gasteiger partial charge in [-0.25, -0.2) is 0 Å². The van der Waals surface area contributed by atoms with Crippen molar-refractivity contribution in [3.63, 3.8) is 0 Å². The van der Waals surface area contributed by atoms with Crippen LogP contribution in [0, 0.1) is 17.8 Å². The number of primary amides is 1. The van der Waals surface area contributed by atoms with E-state index in [1.54, 1.807) is 0 Å². The fraction of sp³-hybridized carbons (Fsp3) is 0.400. The predicted molar refractivity (Wildman–Crippen MR) is 118 cm³/mol. The number of nitrogens with zero attached hydrogens (tertiary/aromatic N) is 1. The van der Waals surface area contributed by atoms with Gasteiger partial charge in [-0.05, 0) is 36.7 Å². The first kappa shape index (κ1) is 21.5. The van der Waals surface area contributed by atoms with Gasteiger partial charge in [0.1, 0.15) is 22.8 Å². The Bertz CT molecular complexity index is 1180. The number of phenolic OH excluding ortho intramolecular Hbond substituents is 1. The topological polar surface area (TPSA) is 141 Å². The van der Waals surface area contributed by atoms with Crippen LogP contribution < -0.4 is 5.73 Å². The lowest BCUT2D eigenvalue weighted by molar-refractivity contribution is -0.126. The van der Waals surface area contributed by atoms with Crippen LogP contribution >= 0.6 is 0 Å². The summed E-state index contributed by atoms with van der Waals surface area (Å²) in [6.45, 7) is 2.13. The highest BCUT2D eigenvalue weighted by atomic mass is 16.3. The number of phenols is 1. The average Bonchev–Trinajstić information content (AvgIpc) is 2.75. The van der Waals surface area contributed by atoms with Crippen molar-refractivity contribution in [1.29, 1.82) is 0 Å². The highest BCUT2D eigenvalue weighted by molar-refractivity contribution is 6.22. The quantitative estimate of drug-likeness (QED) is 0.409. The number of aliphatic hydroxyl groups excluding tert-OH is 2. The molecule has 0 bridgehead atoms. The van der Waals surface area contributed by atoms with Crippen LogP contribution in [0.2, 0.25) is 0 Å². The molecule has 8 nitrogen and oxygen atoms in total. The number of Topliss-reactive ketones (excluding diaryl/α,β-unsaturated/α-hetero) is 2. The first-order chi connectivity index (χ1) is 15.8. The summed E-state index contributed by atoms with van der Waals surface area (Å²) in [6, 6.07) is 3.70. The molecule has 0 aromatic heterocycles. The minimum Gasteiger partial charge on any atom is -0.511 e. The SMILES string of the molecule is NC(=O)C1=C(O)CC2CC3Cc4ccc(CN5CC=CCC5)c(O)c4C(=O)C3=C(O)C2C1=O. The Morgan fingerprint density at radius 2 is 1.91 bits per heavy atom. The number of hydrogen-bond donors (Lipinski definition) is 4. The molecule has 1 amide bonds. The molecule has 0 spiro atoms. The van der Waals surface area contributed by atoms with Crippen molar-refractivity contribution in [2.24, 2.45) is 23.5 Å². The zero-order chi connectivity index (χ0) is 23.4. The molecule has 1 aliphatic heterocycles. The summed E-state index contributed by atoms with van der Waals surface area (Å²) in [5.41, 5.74) is 6.40. The number of ketones is 2. The van der Waals surface area contributed by atoms with Crippen LogP contribution in [0.25, 0.3) is 0 Å². The molecule has 0 radical (unpaired) electrons. The van der Waals surface area contributed by atoms with Crippen molar-refractivity contribution in [3.8, 4) is 5.75 Å². The normalized spacial score (nSPS) is 27.3. The van der Waals surface area contributed by atoms with Gasteiger partial charge in [0.15, 0.2) is 11.6 Å². The van der Waals surface area contributed by atoms with Gasteiger partial charge >= 0.3 is 0 Å². The minimum absolute atomic E-state index is 0.0397. The smallest absolute Gasteiger partial charge is 0.255 e. The van der Waals surface area contributed by atoms with Gasteiger partial charge in [0.05, 0.1) is 11.5 Å². The number of amides is 1. The van der Waals surface area contributed by atoms with Crippen LogP contribution in [-0.2, 0) is 22.6 Å². The largest absolute Gasteiger partial charge is 0.511 e. The summed E-state index contributed by atoms with van der Waals surface area (Å²) < 4.78 is 0. The summed E-state index contributed by atoms with van der Waals surface area (Å²) in [6.07, 6.45) is 6.00. The zero-order valence-electron chi connectivity index (χ0n) is 18.1. The van der Waals surface area contributed by atoms with E-state index < -0.39 is 34.9 Å². The van der Waals surface area contributed by atoms with E-state index in [1.165, 1.54) is 0 Å². The van der Waals surface area contributed by atoms with Crippen molar-refractivity contribution in [1.82, 2.24) is 4.90 Å². The number of nitrogens with two attached hydrogens (primary N) is 1. The number of carbonyl (C=O) groups excluding carboxylic acids is 3. The summed E-state index contributed by atoms with van der Waals surface area (Å²) >= 11 is 0. The first-order valence-electron chi connectivity index (χ1n) is 11.2. The van der Waals surface area contributed by atoms with E-state index in [0.717, 1.165) is 19.5 Å². The Morgan fingerprint density at radius 1 is 1.12 bits per heavy atom. The lowest BCUT2D eigenvalue weighted by Crippen LogP contribution is -2.43. The molecule has 0 saturated heterocycles. The third-order valence-electron chi connectivity index (χ3n) is 7.38. The molecule has 8 heteroatoms. The van der Waals surface area contributed by atoms with Gasteiger partial charge in [0, 0.05) is 37.2 Å². The van der Waals surface area contributed by atoms with Gasteiger partial charge in [-0.2, -0.15) is 0 Å². The molecule has 4 aliphatic rings. The number of aliphatic hydroxyl groups is 2. The van der Waals surface area contributed by atoms with Gasteiger partial charge < -0.3 is 21.1 Å². The Labute approximate surface area is 190 Å². The molecule has 3 atom stereocenters. The maximum Gasteiger partial charge on any atom is 0.255 e. The Balaban J connectivity index is 1.53. The lowest BCUT2D eigenvalue weighted by atomic mass is 9.62. The molecule has 1 aromatic carbocycles. The number of aromatic hydroxyl groups is 1. The van der Waals surface area contributed by atoms with Crippen molar-refractivity contribution in [2.45, 2.75) is 32.2 Å². The molecule has 1 aromatic rings. The molecule has 0 fully saturated rings. The lowest BCUT2D eigenvalue weighted by Gasteiger charge is -2.40. The van der Waals surface area contributed by atoms with E-state index in [4.69, 9.17) is 5.73 Å². The van der Waals surface area contributed by atoms with Crippen LogP contribution in [0.1, 0.15) is 40.7 Å². The Hall–Kier alpha value is -3.39. The minimum atomic E-state index is -1.09. The summed E-state index contributed by atoms with van der Waals surface area (Å²) in [4.78, 5) is 40.3. The summed E-state index contributed by atoms with van der Waals surface area (Å²) in [5.74, 6) is -4.95. The van der Waals surface area contributed by atoms with Gasteiger partial charge in [-0.15, -0.1) is 0 Å². The molecule has 5 N–H and O–H groups in total. The molecule has 0 saturated carbocycles. The molecular formula is C25H26N2O6. The number of benzene rings is 1. The highest BCUT2D eigenvalue weighted by Crippen LogP contribution is 2.49. The van der Waals surface area contributed by atoms with Crippen LogP contribution in [0.5, 0.6) is 5.75 Å². The Kier molecular flexibility index (Phi) is 5.12. The van der Waals surface area contributed by atoms with E-state index in [9.17, 15) is 29.7 Å². The Morgan fingerprint density at radius 3 is 2.61 bits per heavy atom. The second-order valence-electron chi connectivity index (χ2n) is 9.36. The standard InChI is InChI=1S/C25H26N2O6/c26-25(33)20-16(28)10-15-9-14-8-12-4-5-13(11-27-6-2-1-3-7-27)21(29)17(12)22(30)18(14)23(31)19(15)24(20)32/h1-2,4-5,14-15,19,28-29,31H,3,6-11H2,(H2,26,33). The van der Waals surface area contributed by atoms with Crippen molar-refractivity contribution < 1.29 is 29.7 Å². The van der Waals surface area contributed by atoms with Gasteiger partial charge in [-0.1, -0.05) is 24.3 Å². The van der Waals surface area contributed by atoms with E-state index in [0.29, 0.717) is 30.5 Å². The monoisotopic (exact) mass is 450 g/mol. The van der Waals surface area contributed by atoms with Crippen LogP contribution in [-0.4, -0.2) is 50.8 Å². The van der Waals surface area contributed by atoms with Gasteiger partial charge in [-0.3, -0.25) is 19.3 Å². The number of fused-ring (bicyclic) bond motifs is 3. The fourth-order valence-electron chi connectivity index (χ4n) is 5.86. The van der Waals surface area contributed by atoms with Crippen LogP contribution in [0.3, 0.4) is 0 Å². The first-order valence-corrected chi connectivity index (χ1v) is 11.2. The molecule has 5 rings (SSSR count). The van der Waals surface area contributed by atoms with Gasteiger partial charge in [0.25, 0.3) is 5.91 Å². The van der Waals surface area contributed by atoms with E-state index in [-0.39, 0.29) is 40.7 Å². The van der Waals surface area contributed by atoms with Crippen molar-refractivity contribution in [2.75, 3.05) is 13.1 Å². The van der Waals surface area contributed by atoms with Gasteiger partial charge in [0.2, 0.25) is 0 Å². The summed E-state index contributed by atoms with van der Waals surface area (Å²) in [7, 11) is 0. The van der Waals surface area contributed by atoms with E-state index >= 15 is 0 Å². The number of allylic oxidation sites excluding steroid dienone is 3. The zero-order valence-corrected chi connectivity index (χ0v) is 18.1. The van der Waals surface area contributed by atoms with Crippen molar-refractivity contribution >= 4 is 17.5 Å². The maximum atomic E-state index is 13.5. The fourth-order valence-corrected chi connectivity index (χ4v) is 5.86. The molecule has 172 valence electrons. The molecular weight excluding hydrogens is 424 g/mol. The number of hydrogen-bond acceptors (Lipinski definition) is 7. The van der Waals surface area contributed by atoms with E-state index in [1.807, 2.05) is 12.1 Å². The molecule has 33 heavy (non-hydrogen) atoms. The number of rotatable bonds is 3. The second-order valence-corrected chi connectivity index (χ2v) is 9.36. The second kappa shape index (κ2) is 7.88. The summed E-state index contributed by atoms with van der Waals surface area (Å²) in [5, 5.41) is 32.3. The third-order valence-corrected chi connectivity index (χ3v) is 7.38. The molecule has 3 aliphatic carbocycles. The predicted octanol–water partition coefficient (Wildman–Crippen LogP) is 2.23. The molecule has 1 heterocycles. The maximum absolute atomic E-state index is 13.5.